The van der Waals surface area contributed by atoms with E-state index in [2.05, 4.69) is 20.1 Å². The zero-order valence-corrected chi connectivity index (χ0v) is 14.0. The molecule has 0 aromatic carbocycles. The fourth-order valence-electron chi connectivity index (χ4n) is 2.09. The second-order valence-electron chi connectivity index (χ2n) is 4.84. The normalized spacial score (nSPS) is 12.0. The van der Waals surface area contributed by atoms with Gasteiger partial charge in [0.2, 0.25) is 5.95 Å². The Labute approximate surface area is 151 Å². The number of hydrogen-bond acceptors (Lipinski definition) is 7. The third-order valence-electron chi connectivity index (χ3n) is 3.20. The van der Waals surface area contributed by atoms with Gasteiger partial charge in [-0.2, -0.15) is 4.39 Å². The SMILES string of the molecule is COC(Oc1nn(-c2cnccn2)c(-c2ccc(F)nc2)c1Cl)C(=O)O. The lowest BCUT2D eigenvalue weighted by Gasteiger charge is -2.10. The third kappa shape index (κ3) is 3.46. The van der Waals surface area contributed by atoms with E-state index in [1.54, 1.807) is 0 Å². The van der Waals surface area contributed by atoms with Gasteiger partial charge in [0.25, 0.3) is 5.88 Å². The maximum Gasteiger partial charge on any atom is 0.373 e. The smallest absolute Gasteiger partial charge is 0.373 e. The highest BCUT2D eigenvalue weighted by Crippen LogP contribution is 2.36. The Morgan fingerprint density at radius 2 is 2.12 bits per heavy atom. The van der Waals surface area contributed by atoms with Crippen LogP contribution in [-0.2, 0) is 9.53 Å². The number of aliphatic carboxylic acids is 1. The molecule has 0 aliphatic carbocycles. The average Bonchev–Trinajstić information content (AvgIpc) is 2.97. The summed E-state index contributed by atoms with van der Waals surface area (Å²) in [6, 6.07) is 2.59. The van der Waals surface area contributed by atoms with Crippen molar-refractivity contribution in [1.29, 1.82) is 0 Å². The number of carboxylic acid groups (broad SMARTS) is 1. The van der Waals surface area contributed by atoms with Gasteiger partial charge in [-0.15, -0.1) is 5.10 Å². The van der Waals surface area contributed by atoms with E-state index in [9.17, 15) is 9.18 Å². The first kappa shape index (κ1) is 17.7. The Hall–Kier alpha value is -3.11. The molecule has 0 aliphatic rings. The van der Waals surface area contributed by atoms with Gasteiger partial charge in [0.05, 0.1) is 6.20 Å². The lowest BCUT2D eigenvalue weighted by atomic mass is 10.2. The molecule has 11 heteroatoms. The summed E-state index contributed by atoms with van der Waals surface area (Å²) >= 11 is 6.33. The van der Waals surface area contributed by atoms with Crippen molar-refractivity contribution in [2.24, 2.45) is 0 Å². The number of rotatable bonds is 6. The largest absolute Gasteiger partial charge is 0.477 e. The van der Waals surface area contributed by atoms with Crippen molar-refractivity contribution in [3.8, 4) is 23.0 Å². The highest BCUT2D eigenvalue weighted by Gasteiger charge is 2.26. The van der Waals surface area contributed by atoms with Crippen LogP contribution in [-0.4, -0.2) is 49.2 Å². The third-order valence-corrected chi connectivity index (χ3v) is 3.54. The van der Waals surface area contributed by atoms with Gasteiger partial charge in [0.1, 0.15) is 10.7 Å². The van der Waals surface area contributed by atoms with E-state index in [0.717, 1.165) is 13.2 Å². The summed E-state index contributed by atoms with van der Waals surface area (Å²) in [5, 5.41) is 13.2. The van der Waals surface area contributed by atoms with Crippen LogP contribution in [0.25, 0.3) is 17.1 Å². The summed E-state index contributed by atoms with van der Waals surface area (Å²) in [6.07, 6.45) is 3.96. The summed E-state index contributed by atoms with van der Waals surface area (Å²) in [4.78, 5) is 22.8. The van der Waals surface area contributed by atoms with E-state index in [4.69, 9.17) is 26.2 Å². The molecule has 3 heterocycles. The topological polar surface area (TPSA) is 112 Å². The van der Waals surface area contributed by atoms with Gasteiger partial charge < -0.3 is 14.6 Å². The lowest BCUT2D eigenvalue weighted by Crippen LogP contribution is -2.29. The molecule has 26 heavy (non-hydrogen) atoms. The van der Waals surface area contributed by atoms with Crippen molar-refractivity contribution in [2.75, 3.05) is 7.11 Å². The molecule has 0 saturated carbocycles. The average molecular weight is 380 g/mol. The monoisotopic (exact) mass is 379 g/mol. The fraction of sp³-hybridized carbons (Fsp3) is 0.133. The summed E-state index contributed by atoms with van der Waals surface area (Å²) in [5.74, 6) is -1.95. The van der Waals surface area contributed by atoms with Crippen LogP contribution in [0.3, 0.4) is 0 Å². The molecular formula is C15H11ClFN5O4. The number of aromatic nitrogens is 5. The molecular weight excluding hydrogens is 369 g/mol. The van der Waals surface area contributed by atoms with Crippen LogP contribution >= 0.6 is 11.6 Å². The number of hydrogen-bond donors (Lipinski definition) is 1. The minimum Gasteiger partial charge on any atom is -0.477 e. The summed E-state index contributed by atoms with van der Waals surface area (Å²) in [6.45, 7) is 0. The first-order valence-electron chi connectivity index (χ1n) is 7.10. The number of pyridine rings is 1. The number of carboxylic acids is 1. The zero-order chi connectivity index (χ0) is 18.7. The minimum atomic E-state index is -1.61. The molecule has 0 spiro atoms. The Kier molecular flexibility index (Phi) is 5.05. The zero-order valence-electron chi connectivity index (χ0n) is 13.2. The molecule has 0 saturated heterocycles. The van der Waals surface area contributed by atoms with Crippen LogP contribution in [0, 0.1) is 5.95 Å². The van der Waals surface area contributed by atoms with E-state index < -0.39 is 18.2 Å². The van der Waals surface area contributed by atoms with Gasteiger partial charge >= 0.3 is 12.3 Å². The predicted octanol–water partition coefficient (Wildman–Crippen LogP) is 1.95. The number of halogens is 2. The maximum atomic E-state index is 13.1. The standard InChI is InChI=1S/C15H11ClFN5O4/c1-25-15(14(23)24)26-13-11(16)12(8-2-3-9(17)20-6-8)22(21-13)10-7-18-4-5-19-10/h2-7,15H,1H3,(H,23,24). The summed E-state index contributed by atoms with van der Waals surface area (Å²) in [7, 11) is 1.16. The molecule has 3 aromatic rings. The first-order chi connectivity index (χ1) is 12.5. The van der Waals surface area contributed by atoms with Gasteiger partial charge in [0.15, 0.2) is 5.82 Å². The molecule has 0 fully saturated rings. The summed E-state index contributed by atoms with van der Waals surface area (Å²) < 4.78 is 24.4. The minimum absolute atomic E-state index is 0.0210. The van der Waals surface area contributed by atoms with Crippen LogP contribution < -0.4 is 4.74 Å². The quantitative estimate of drug-likeness (QED) is 0.511. The molecule has 134 valence electrons. The van der Waals surface area contributed by atoms with Crippen LogP contribution in [0.15, 0.2) is 36.9 Å². The van der Waals surface area contributed by atoms with Gasteiger partial charge in [0, 0.05) is 31.3 Å². The first-order valence-corrected chi connectivity index (χ1v) is 7.48. The molecule has 9 nitrogen and oxygen atoms in total. The van der Waals surface area contributed by atoms with E-state index in [1.165, 1.54) is 35.5 Å². The molecule has 0 radical (unpaired) electrons. The number of carbonyl (C=O) groups is 1. The number of nitrogens with zero attached hydrogens (tertiary/aromatic N) is 5. The van der Waals surface area contributed by atoms with Gasteiger partial charge in [-0.3, -0.25) is 4.98 Å². The highest BCUT2D eigenvalue weighted by molar-refractivity contribution is 6.34. The molecule has 1 N–H and O–H groups in total. The Morgan fingerprint density at radius 3 is 2.69 bits per heavy atom. The van der Waals surface area contributed by atoms with Gasteiger partial charge in [-0.25, -0.2) is 19.4 Å². The summed E-state index contributed by atoms with van der Waals surface area (Å²) in [5.41, 5.74) is 0.684. The molecule has 0 bridgehead atoms. The Bertz CT molecular complexity index is 920. The van der Waals surface area contributed by atoms with Crippen molar-refractivity contribution in [1.82, 2.24) is 24.7 Å². The number of ether oxygens (including phenoxy) is 2. The maximum absolute atomic E-state index is 13.1. The fourth-order valence-corrected chi connectivity index (χ4v) is 2.36. The van der Waals surface area contributed by atoms with Gasteiger partial charge in [-0.05, 0) is 12.1 Å². The molecule has 0 amide bonds. The molecule has 1 atom stereocenters. The van der Waals surface area contributed by atoms with E-state index >= 15 is 0 Å². The molecule has 3 rings (SSSR count). The van der Waals surface area contributed by atoms with Crippen LogP contribution in [0.5, 0.6) is 5.88 Å². The van der Waals surface area contributed by atoms with E-state index in [-0.39, 0.29) is 22.4 Å². The Balaban J connectivity index is 2.14. The van der Waals surface area contributed by atoms with Crippen molar-refractivity contribution < 1.29 is 23.8 Å². The van der Waals surface area contributed by atoms with Crippen molar-refractivity contribution in [2.45, 2.75) is 6.29 Å². The van der Waals surface area contributed by atoms with Crippen molar-refractivity contribution in [3.05, 3.63) is 47.9 Å². The Morgan fingerprint density at radius 1 is 1.31 bits per heavy atom. The van der Waals surface area contributed by atoms with Crippen LogP contribution in [0.4, 0.5) is 4.39 Å². The second-order valence-corrected chi connectivity index (χ2v) is 5.21. The molecule has 3 aromatic heterocycles. The van der Waals surface area contributed by atoms with Crippen molar-refractivity contribution in [3.63, 3.8) is 0 Å². The lowest BCUT2D eigenvalue weighted by molar-refractivity contribution is -0.166. The number of methoxy groups -OCH3 is 1. The van der Waals surface area contributed by atoms with Gasteiger partial charge in [-0.1, -0.05) is 11.6 Å². The molecule has 1 unspecified atom stereocenters. The highest BCUT2D eigenvalue weighted by atomic mass is 35.5. The predicted molar refractivity (Wildman–Crippen MR) is 86.4 cm³/mol. The molecule has 0 aliphatic heterocycles. The van der Waals surface area contributed by atoms with Crippen LogP contribution in [0.1, 0.15) is 0 Å². The van der Waals surface area contributed by atoms with Crippen LogP contribution in [0.2, 0.25) is 5.02 Å². The van der Waals surface area contributed by atoms with Crippen molar-refractivity contribution >= 4 is 17.6 Å². The van der Waals surface area contributed by atoms with E-state index in [1.807, 2.05) is 0 Å². The second kappa shape index (κ2) is 7.42. The van der Waals surface area contributed by atoms with E-state index in [0.29, 0.717) is 5.56 Å².